The number of aromatic nitrogens is 3. The number of piperidine rings is 2. The van der Waals surface area contributed by atoms with Gasteiger partial charge in [-0.15, -0.1) is 0 Å². The third kappa shape index (κ3) is 3.38. The van der Waals surface area contributed by atoms with Crippen LogP contribution in [0.3, 0.4) is 0 Å². The van der Waals surface area contributed by atoms with Gasteiger partial charge in [0.1, 0.15) is 12.7 Å². The van der Waals surface area contributed by atoms with Crippen LogP contribution in [0.15, 0.2) is 36.9 Å². The van der Waals surface area contributed by atoms with Gasteiger partial charge in [-0.2, -0.15) is 5.10 Å². The van der Waals surface area contributed by atoms with Gasteiger partial charge >= 0.3 is 0 Å². The molecule has 2 aliphatic rings. The molecule has 6 nitrogen and oxygen atoms in total. The first-order valence-corrected chi connectivity index (χ1v) is 9.30. The van der Waals surface area contributed by atoms with Crippen LogP contribution in [0.25, 0.3) is 0 Å². The molecule has 4 rings (SSSR count). The summed E-state index contributed by atoms with van der Waals surface area (Å²) in [6, 6.07) is 8.31. The lowest BCUT2D eigenvalue weighted by molar-refractivity contribution is 0.0673. The molecule has 0 saturated carbocycles. The maximum Gasteiger partial charge on any atom is 0.256 e. The molecule has 2 aromatic rings. The highest BCUT2D eigenvalue weighted by Crippen LogP contribution is 2.28. The van der Waals surface area contributed by atoms with E-state index in [1.807, 2.05) is 27.8 Å². The standard InChI is InChI=1S/C19H25N5O/c25-19(23-12-6-7-16(13-23)24-15-20-14-21-24)17-8-2-3-9-18(17)22-10-4-1-5-11-22/h2-3,8-9,14-16H,1,4-7,10-13H2/t16-/m1/s1. The Bertz CT molecular complexity index is 708. The van der Waals surface area contributed by atoms with Crippen molar-refractivity contribution in [3.05, 3.63) is 42.5 Å². The molecule has 1 atom stereocenters. The topological polar surface area (TPSA) is 54.3 Å². The molecule has 3 heterocycles. The molecule has 6 heteroatoms. The van der Waals surface area contributed by atoms with E-state index in [0.717, 1.165) is 43.7 Å². The summed E-state index contributed by atoms with van der Waals surface area (Å²) >= 11 is 0. The van der Waals surface area contributed by atoms with E-state index in [1.165, 1.54) is 19.3 Å². The fourth-order valence-electron chi connectivity index (χ4n) is 4.00. The van der Waals surface area contributed by atoms with Gasteiger partial charge in [0.2, 0.25) is 0 Å². The molecule has 2 aliphatic heterocycles. The van der Waals surface area contributed by atoms with Crippen LogP contribution in [0.1, 0.15) is 48.5 Å². The van der Waals surface area contributed by atoms with Gasteiger partial charge in [-0.05, 0) is 44.2 Å². The molecule has 2 saturated heterocycles. The molecule has 1 aromatic heterocycles. The fraction of sp³-hybridized carbons (Fsp3) is 0.526. The summed E-state index contributed by atoms with van der Waals surface area (Å²) in [4.78, 5) is 21.6. The number of benzene rings is 1. The van der Waals surface area contributed by atoms with Crippen molar-refractivity contribution in [3.63, 3.8) is 0 Å². The maximum absolute atomic E-state index is 13.2. The van der Waals surface area contributed by atoms with Gasteiger partial charge in [0.05, 0.1) is 11.6 Å². The molecule has 2 fully saturated rings. The van der Waals surface area contributed by atoms with E-state index in [-0.39, 0.29) is 11.9 Å². The number of carbonyl (C=O) groups excluding carboxylic acids is 1. The molecular weight excluding hydrogens is 314 g/mol. The van der Waals surface area contributed by atoms with Crippen LogP contribution in [-0.2, 0) is 0 Å². The van der Waals surface area contributed by atoms with Crippen molar-refractivity contribution < 1.29 is 4.79 Å². The van der Waals surface area contributed by atoms with Crippen LogP contribution in [-0.4, -0.2) is 51.8 Å². The third-order valence-corrected chi connectivity index (χ3v) is 5.33. The Labute approximate surface area is 148 Å². The first-order chi connectivity index (χ1) is 12.3. The summed E-state index contributed by atoms with van der Waals surface area (Å²) in [5.74, 6) is 0.144. The van der Waals surface area contributed by atoms with Gasteiger partial charge in [0.25, 0.3) is 5.91 Å². The summed E-state index contributed by atoms with van der Waals surface area (Å²) in [6.07, 6.45) is 9.06. The molecular formula is C19H25N5O. The first kappa shape index (κ1) is 16.1. The SMILES string of the molecule is O=C(c1ccccc1N1CCCCC1)N1CCC[C@@H](n2cncn2)C1. The van der Waals surface area contributed by atoms with E-state index in [1.54, 1.807) is 12.7 Å². The minimum atomic E-state index is 0.144. The van der Waals surface area contributed by atoms with Gasteiger partial charge in [-0.25, -0.2) is 9.67 Å². The Hall–Kier alpha value is -2.37. The number of likely N-dealkylation sites (tertiary alicyclic amines) is 1. The number of rotatable bonds is 3. The van der Waals surface area contributed by atoms with E-state index in [0.29, 0.717) is 6.54 Å². The summed E-state index contributed by atoms with van der Waals surface area (Å²) in [6.45, 7) is 3.62. The van der Waals surface area contributed by atoms with Crippen molar-refractivity contribution in [2.45, 2.75) is 38.1 Å². The second kappa shape index (κ2) is 7.25. The number of amides is 1. The average Bonchev–Trinajstić information content (AvgIpc) is 3.23. The normalized spacial score (nSPS) is 21.4. The Morgan fingerprint density at radius 1 is 1.04 bits per heavy atom. The largest absolute Gasteiger partial charge is 0.371 e. The number of carbonyl (C=O) groups is 1. The van der Waals surface area contributed by atoms with Gasteiger partial charge in [-0.3, -0.25) is 4.79 Å². The average molecular weight is 339 g/mol. The zero-order valence-corrected chi connectivity index (χ0v) is 14.5. The highest BCUT2D eigenvalue weighted by atomic mass is 16.2. The predicted molar refractivity (Wildman–Crippen MR) is 96.7 cm³/mol. The van der Waals surface area contributed by atoms with Crippen molar-refractivity contribution in [2.24, 2.45) is 0 Å². The first-order valence-electron chi connectivity index (χ1n) is 9.30. The van der Waals surface area contributed by atoms with E-state index in [4.69, 9.17) is 0 Å². The van der Waals surface area contributed by atoms with Crippen molar-refractivity contribution in [1.82, 2.24) is 19.7 Å². The van der Waals surface area contributed by atoms with Crippen molar-refractivity contribution in [2.75, 3.05) is 31.1 Å². The Kier molecular flexibility index (Phi) is 4.68. The number of nitrogens with zero attached hydrogens (tertiary/aromatic N) is 5. The molecule has 0 bridgehead atoms. The molecule has 25 heavy (non-hydrogen) atoms. The van der Waals surface area contributed by atoms with Gasteiger partial charge in [0, 0.05) is 31.9 Å². The minimum Gasteiger partial charge on any atom is -0.371 e. The maximum atomic E-state index is 13.2. The van der Waals surface area contributed by atoms with Crippen LogP contribution < -0.4 is 4.90 Å². The van der Waals surface area contributed by atoms with Crippen molar-refractivity contribution >= 4 is 11.6 Å². The van der Waals surface area contributed by atoms with Crippen LogP contribution in [0.5, 0.6) is 0 Å². The summed E-state index contributed by atoms with van der Waals surface area (Å²) in [5.41, 5.74) is 1.93. The number of hydrogen-bond acceptors (Lipinski definition) is 4. The minimum absolute atomic E-state index is 0.144. The quantitative estimate of drug-likeness (QED) is 0.863. The van der Waals surface area contributed by atoms with Gasteiger partial charge in [-0.1, -0.05) is 12.1 Å². The zero-order chi connectivity index (χ0) is 17.1. The molecule has 0 radical (unpaired) electrons. The Morgan fingerprint density at radius 3 is 2.68 bits per heavy atom. The van der Waals surface area contributed by atoms with Gasteiger partial charge in [0.15, 0.2) is 0 Å². The molecule has 1 amide bonds. The zero-order valence-electron chi connectivity index (χ0n) is 14.5. The van der Waals surface area contributed by atoms with Crippen LogP contribution >= 0.6 is 0 Å². The van der Waals surface area contributed by atoms with E-state index in [2.05, 4.69) is 21.0 Å². The van der Waals surface area contributed by atoms with E-state index in [9.17, 15) is 4.79 Å². The summed E-state index contributed by atoms with van der Waals surface area (Å²) in [5, 5.41) is 4.26. The molecule has 1 aromatic carbocycles. The Morgan fingerprint density at radius 2 is 1.88 bits per heavy atom. The number of anilines is 1. The molecule has 132 valence electrons. The highest BCUT2D eigenvalue weighted by Gasteiger charge is 2.28. The van der Waals surface area contributed by atoms with Crippen molar-refractivity contribution in [1.29, 1.82) is 0 Å². The van der Waals surface area contributed by atoms with Crippen molar-refractivity contribution in [3.8, 4) is 0 Å². The third-order valence-electron chi connectivity index (χ3n) is 5.33. The monoisotopic (exact) mass is 339 g/mol. The lowest BCUT2D eigenvalue weighted by Crippen LogP contribution is -2.41. The second-order valence-electron chi connectivity index (χ2n) is 6.99. The highest BCUT2D eigenvalue weighted by molar-refractivity contribution is 6.00. The second-order valence-corrected chi connectivity index (χ2v) is 6.99. The number of para-hydroxylation sites is 1. The summed E-state index contributed by atoms with van der Waals surface area (Å²) < 4.78 is 1.88. The molecule has 0 unspecified atom stereocenters. The lowest BCUT2D eigenvalue weighted by atomic mass is 10.0. The predicted octanol–water partition coefficient (Wildman–Crippen LogP) is 2.75. The van der Waals surface area contributed by atoms with E-state index < -0.39 is 0 Å². The smallest absolute Gasteiger partial charge is 0.256 e. The molecule has 0 aliphatic carbocycles. The Balaban J connectivity index is 1.54. The van der Waals surface area contributed by atoms with Crippen LogP contribution in [0, 0.1) is 0 Å². The van der Waals surface area contributed by atoms with Gasteiger partial charge < -0.3 is 9.80 Å². The molecule has 0 N–H and O–H groups in total. The van der Waals surface area contributed by atoms with Crippen LogP contribution in [0.4, 0.5) is 5.69 Å². The molecule has 0 spiro atoms. The van der Waals surface area contributed by atoms with E-state index >= 15 is 0 Å². The lowest BCUT2D eigenvalue weighted by Gasteiger charge is -2.35. The number of hydrogen-bond donors (Lipinski definition) is 0. The van der Waals surface area contributed by atoms with Crippen LogP contribution in [0.2, 0.25) is 0 Å². The summed E-state index contributed by atoms with van der Waals surface area (Å²) in [7, 11) is 0. The fourth-order valence-corrected chi connectivity index (χ4v) is 4.00.